The van der Waals surface area contributed by atoms with Gasteiger partial charge in [0, 0.05) is 49.4 Å². The first-order chi connectivity index (χ1) is 11.8. The highest BCUT2D eigenvalue weighted by Crippen LogP contribution is 2.31. The van der Waals surface area contributed by atoms with Gasteiger partial charge in [0.15, 0.2) is 0 Å². The van der Waals surface area contributed by atoms with Crippen LogP contribution < -0.4 is 9.64 Å². The number of rotatable bonds is 3. The van der Waals surface area contributed by atoms with Gasteiger partial charge in [0.2, 0.25) is 5.91 Å². The number of likely N-dealkylation sites (tertiary alicyclic amines) is 1. The maximum Gasteiger partial charge on any atom is 0.222 e. The van der Waals surface area contributed by atoms with Gasteiger partial charge in [-0.1, -0.05) is 0 Å². The van der Waals surface area contributed by atoms with Crippen LogP contribution in [0.5, 0.6) is 5.75 Å². The number of carbonyl (C=O) groups is 1. The molecule has 2 aromatic rings. The molecule has 4 rings (SSSR count). The molecule has 3 heterocycles. The normalized spacial score (nSPS) is 19.3. The summed E-state index contributed by atoms with van der Waals surface area (Å²) in [6, 6.07) is 8.52. The molecule has 5 nitrogen and oxygen atoms in total. The van der Waals surface area contributed by atoms with E-state index in [1.54, 1.807) is 7.11 Å². The SMILES string of the molecule is COc1ccc2nccc(N3CCC(N4CCCC4=O)CC3)c2c1. The lowest BCUT2D eigenvalue weighted by atomic mass is 10.0. The summed E-state index contributed by atoms with van der Waals surface area (Å²) < 4.78 is 5.37. The molecule has 2 fully saturated rings. The largest absolute Gasteiger partial charge is 0.497 e. The third-order valence-corrected chi connectivity index (χ3v) is 5.28. The van der Waals surface area contributed by atoms with Crippen LogP contribution >= 0.6 is 0 Å². The predicted octanol–water partition coefficient (Wildman–Crippen LogP) is 2.83. The number of fused-ring (bicyclic) bond motifs is 1. The zero-order valence-corrected chi connectivity index (χ0v) is 14.1. The first-order valence-electron chi connectivity index (χ1n) is 8.73. The molecule has 1 aromatic carbocycles. The van der Waals surface area contributed by atoms with E-state index in [2.05, 4.69) is 26.9 Å². The van der Waals surface area contributed by atoms with Crippen LogP contribution in [-0.4, -0.2) is 48.6 Å². The van der Waals surface area contributed by atoms with Crippen molar-refractivity contribution in [3.8, 4) is 5.75 Å². The summed E-state index contributed by atoms with van der Waals surface area (Å²) in [6.07, 6.45) is 5.71. The Kier molecular flexibility index (Phi) is 4.00. The number of methoxy groups -OCH3 is 1. The van der Waals surface area contributed by atoms with E-state index in [0.717, 1.165) is 62.0 Å². The molecule has 0 N–H and O–H groups in total. The molecule has 126 valence electrons. The van der Waals surface area contributed by atoms with Crippen molar-refractivity contribution in [3.05, 3.63) is 30.5 Å². The van der Waals surface area contributed by atoms with Crippen LogP contribution in [0.4, 0.5) is 5.69 Å². The van der Waals surface area contributed by atoms with E-state index in [4.69, 9.17) is 4.74 Å². The number of pyridine rings is 1. The Bertz CT molecular complexity index is 753. The lowest BCUT2D eigenvalue weighted by Gasteiger charge is -2.38. The van der Waals surface area contributed by atoms with E-state index in [1.807, 2.05) is 18.3 Å². The van der Waals surface area contributed by atoms with Gasteiger partial charge < -0.3 is 14.5 Å². The Hall–Kier alpha value is -2.30. The van der Waals surface area contributed by atoms with Crippen molar-refractivity contribution < 1.29 is 9.53 Å². The fraction of sp³-hybridized carbons (Fsp3) is 0.474. The molecule has 5 heteroatoms. The Balaban J connectivity index is 1.55. The molecule has 0 atom stereocenters. The number of benzene rings is 1. The molecular formula is C19H23N3O2. The molecule has 1 aromatic heterocycles. The van der Waals surface area contributed by atoms with Gasteiger partial charge >= 0.3 is 0 Å². The fourth-order valence-electron chi connectivity index (χ4n) is 3.99. The molecule has 2 aliphatic heterocycles. The van der Waals surface area contributed by atoms with Gasteiger partial charge in [0.25, 0.3) is 0 Å². The fourth-order valence-corrected chi connectivity index (χ4v) is 3.99. The van der Waals surface area contributed by atoms with Gasteiger partial charge in [-0.05, 0) is 43.5 Å². The summed E-state index contributed by atoms with van der Waals surface area (Å²) in [5.74, 6) is 1.20. The van der Waals surface area contributed by atoms with E-state index in [9.17, 15) is 4.79 Å². The molecule has 0 saturated carbocycles. The standard InChI is InChI=1S/C19H23N3O2/c1-24-15-4-5-17-16(13-15)18(6-9-20-17)21-11-7-14(8-12-21)22-10-2-3-19(22)23/h4-6,9,13-14H,2-3,7-8,10-12H2,1H3. The van der Waals surface area contributed by atoms with Crippen LogP contribution in [0, 0.1) is 0 Å². The lowest BCUT2D eigenvalue weighted by molar-refractivity contribution is -0.130. The molecule has 24 heavy (non-hydrogen) atoms. The number of carbonyl (C=O) groups excluding carboxylic acids is 1. The number of hydrogen-bond donors (Lipinski definition) is 0. The molecule has 0 unspecified atom stereocenters. The first kappa shape index (κ1) is 15.2. The van der Waals surface area contributed by atoms with Crippen molar-refractivity contribution >= 4 is 22.5 Å². The third-order valence-electron chi connectivity index (χ3n) is 5.28. The predicted molar refractivity (Wildman–Crippen MR) is 94.5 cm³/mol. The summed E-state index contributed by atoms with van der Waals surface area (Å²) in [4.78, 5) is 20.9. The molecule has 0 spiro atoms. The number of ether oxygens (including phenoxy) is 1. The highest BCUT2D eigenvalue weighted by atomic mass is 16.5. The van der Waals surface area contributed by atoms with Gasteiger partial charge in [0.1, 0.15) is 5.75 Å². The molecule has 2 saturated heterocycles. The van der Waals surface area contributed by atoms with Crippen LogP contribution in [-0.2, 0) is 4.79 Å². The number of nitrogens with zero attached hydrogens (tertiary/aromatic N) is 3. The quantitative estimate of drug-likeness (QED) is 0.870. The van der Waals surface area contributed by atoms with Crippen molar-refractivity contribution in [2.45, 2.75) is 31.7 Å². The van der Waals surface area contributed by atoms with Crippen molar-refractivity contribution in [3.63, 3.8) is 0 Å². The van der Waals surface area contributed by atoms with Crippen LogP contribution in [0.1, 0.15) is 25.7 Å². The smallest absolute Gasteiger partial charge is 0.222 e. The van der Waals surface area contributed by atoms with Gasteiger partial charge in [-0.15, -0.1) is 0 Å². The number of anilines is 1. The maximum absolute atomic E-state index is 12.0. The summed E-state index contributed by atoms with van der Waals surface area (Å²) in [5.41, 5.74) is 2.20. The lowest BCUT2D eigenvalue weighted by Crippen LogP contribution is -2.45. The zero-order valence-electron chi connectivity index (χ0n) is 14.1. The van der Waals surface area contributed by atoms with Crippen LogP contribution in [0.3, 0.4) is 0 Å². The minimum Gasteiger partial charge on any atom is -0.497 e. The maximum atomic E-state index is 12.0. The topological polar surface area (TPSA) is 45.7 Å². The van der Waals surface area contributed by atoms with Crippen molar-refractivity contribution in [1.82, 2.24) is 9.88 Å². The van der Waals surface area contributed by atoms with Crippen LogP contribution in [0.25, 0.3) is 10.9 Å². The average Bonchev–Trinajstić information content (AvgIpc) is 3.07. The molecule has 2 aliphatic rings. The minimum atomic E-state index is 0.340. The van der Waals surface area contributed by atoms with E-state index >= 15 is 0 Å². The Labute approximate surface area is 142 Å². The summed E-state index contributed by atoms with van der Waals surface area (Å²) in [5, 5.41) is 1.13. The average molecular weight is 325 g/mol. The summed E-state index contributed by atoms with van der Waals surface area (Å²) in [6.45, 7) is 2.90. The van der Waals surface area contributed by atoms with Crippen molar-refractivity contribution in [2.75, 3.05) is 31.6 Å². The molecule has 1 amide bonds. The third kappa shape index (κ3) is 2.68. The van der Waals surface area contributed by atoms with E-state index in [0.29, 0.717) is 11.9 Å². The zero-order chi connectivity index (χ0) is 16.5. The highest BCUT2D eigenvalue weighted by molar-refractivity contribution is 5.92. The number of amides is 1. The monoisotopic (exact) mass is 325 g/mol. The van der Waals surface area contributed by atoms with Crippen LogP contribution in [0.15, 0.2) is 30.5 Å². The summed E-state index contributed by atoms with van der Waals surface area (Å²) >= 11 is 0. The van der Waals surface area contributed by atoms with Gasteiger partial charge in [-0.25, -0.2) is 0 Å². The van der Waals surface area contributed by atoms with E-state index < -0.39 is 0 Å². The number of aromatic nitrogens is 1. The van der Waals surface area contributed by atoms with E-state index in [-0.39, 0.29) is 0 Å². The Morgan fingerprint density at radius 1 is 1.17 bits per heavy atom. The Morgan fingerprint density at radius 3 is 2.71 bits per heavy atom. The molecule has 0 bridgehead atoms. The first-order valence-corrected chi connectivity index (χ1v) is 8.73. The second-order valence-electron chi connectivity index (χ2n) is 6.62. The second kappa shape index (κ2) is 6.30. The number of piperidine rings is 1. The molecule has 0 radical (unpaired) electrons. The van der Waals surface area contributed by atoms with Gasteiger partial charge in [-0.2, -0.15) is 0 Å². The molecule has 0 aliphatic carbocycles. The summed E-state index contributed by atoms with van der Waals surface area (Å²) in [7, 11) is 1.69. The van der Waals surface area contributed by atoms with E-state index in [1.165, 1.54) is 5.69 Å². The van der Waals surface area contributed by atoms with Crippen molar-refractivity contribution in [1.29, 1.82) is 0 Å². The second-order valence-corrected chi connectivity index (χ2v) is 6.62. The molecular weight excluding hydrogens is 302 g/mol. The van der Waals surface area contributed by atoms with Crippen molar-refractivity contribution in [2.24, 2.45) is 0 Å². The highest BCUT2D eigenvalue weighted by Gasteiger charge is 2.31. The van der Waals surface area contributed by atoms with Gasteiger partial charge in [0.05, 0.1) is 12.6 Å². The van der Waals surface area contributed by atoms with Gasteiger partial charge in [-0.3, -0.25) is 9.78 Å². The Morgan fingerprint density at radius 2 is 2.00 bits per heavy atom. The minimum absolute atomic E-state index is 0.340. The van der Waals surface area contributed by atoms with Crippen LogP contribution in [0.2, 0.25) is 0 Å². The number of hydrogen-bond acceptors (Lipinski definition) is 4.